The summed E-state index contributed by atoms with van der Waals surface area (Å²) in [7, 11) is -2.86. The molecule has 0 aromatic carbocycles. The molecule has 0 aliphatic rings. The van der Waals surface area contributed by atoms with Crippen molar-refractivity contribution < 1.29 is 30.8 Å². The molecular weight excluding hydrogens is 462 g/mol. The zero-order valence-corrected chi connectivity index (χ0v) is 17.5. The number of amides is 1. The van der Waals surface area contributed by atoms with Gasteiger partial charge in [0.25, 0.3) is 5.91 Å². The van der Waals surface area contributed by atoms with Crippen LogP contribution in [-0.2, 0) is 16.0 Å². The molecule has 0 aliphatic heterocycles. The summed E-state index contributed by atoms with van der Waals surface area (Å²) in [4.78, 5) is 20.5. The highest BCUT2D eigenvalue weighted by atomic mass is 32.2. The molecule has 0 N–H and O–H groups in total. The van der Waals surface area contributed by atoms with Gasteiger partial charge >= 0.3 is 6.18 Å². The predicted molar refractivity (Wildman–Crippen MR) is 103 cm³/mol. The second-order valence-corrected chi connectivity index (χ2v) is 9.30. The Hall–Kier alpha value is -3.00. The molecule has 0 unspecified atom stereocenters. The Morgan fingerprint density at radius 2 is 1.87 bits per heavy atom. The van der Waals surface area contributed by atoms with Gasteiger partial charge in [-0.3, -0.25) is 9.69 Å². The van der Waals surface area contributed by atoms with E-state index >= 15 is 0 Å². The Labute approximate surface area is 177 Å². The molecule has 0 bridgehead atoms. The normalized spacial score (nSPS) is 12.1. The lowest BCUT2D eigenvalue weighted by atomic mass is 10.1. The molecule has 0 atom stereocenters. The maximum atomic E-state index is 13.4. The molecule has 0 spiro atoms. The number of anilines is 1. The summed E-state index contributed by atoms with van der Waals surface area (Å²) < 4.78 is 76.9. The molecule has 8 nitrogen and oxygen atoms in total. The maximum absolute atomic E-state index is 13.4. The molecule has 0 fully saturated rings. The Morgan fingerprint density at radius 3 is 2.45 bits per heavy atom. The first kappa shape index (κ1) is 22.7. The molecular formula is C17H13F4N5O3S2. The molecule has 164 valence electrons. The Balaban J connectivity index is 2.07. The first-order valence-corrected chi connectivity index (χ1v) is 10.9. The van der Waals surface area contributed by atoms with Crippen molar-refractivity contribution in [3.63, 3.8) is 0 Å². The third-order valence-corrected chi connectivity index (χ3v) is 6.86. The summed E-state index contributed by atoms with van der Waals surface area (Å²) in [5.74, 6) is -2.16. The lowest BCUT2D eigenvalue weighted by Crippen LogP contribution is -2.29. The van der Waals surface area contributed by atoms with E-state index in [-0.39, 0.29) is 33.3 Å². The van der Waals surface area contributed by atoms with Gasteiger partial charge in [0.15, 0.2) is 9.84 Å². The molecule has 0 radical (unpaired) electrons. The number of aromatic nitrogens is 4. The van der Waals surface area contributed by atoms with E-state index < -0.39 is 43.5 Å². The Morgan fingerprint density at radius 1 is 1.16 bits per heavy atom. The molecule has 3 rings (SSSR count). The van der Waals surface area contributed by atoms with E-state index in [1.165, 1.54) is 19.2 Å². The van der Waals surface area contributed by atoms with E-state index in [2.05, 4.69) is 20.2 Å². The van der Waals surface area contributed by atoms with E-state index in [9.17, 15) is 30.8 Å². The van der Waals surface area contributed by atoms with Crippen LogP contribution in [0.15, 0.2) is 35.5 Å². The zero-order chi connectivity index (χ0) is 23.0. The second-order valence-electron chi connectivity index (χ2n) is 6.09. The monoisotopic (exact) mass is 475 g/mol. The van der Waals surface area contributed by atoms with Crippen molar-refractivity contribution in [2.24, 2.45) is 0 Å². The van der Waals surface area contributed by atoms with E-state index in [0.717, 1.165) is 30.3 Å². The maximum Gasteiger partial charge on any atom is 0.445 e. The van der Waals surface area contributed by atoms with Crippen LogP contribution in [-0.4, -0.2) is 47.3 Å². The molecule has 0 saturated heterocycles. The van der Waals surface area contributed by atoms with Crippen LogP contribution < -0.4 is 4.90 Å². The van der Waals surface area contributed by atoms with E-state index in [0.29, 0.717) is 0 Å². The summed E-state index contributed by atoms with van der Waals surface area (Å²) in [6.07, 6.45) is -2.40. The first-order chi connectivity index (χ1) is 14.4. The minimum absolute atomic E-state index is 0.124. The number of rotatable bonds is 5. The number of hydrogen-bond acceptors (Lipinski definition) is 8. The first-order valence-electron chi connectivity index (χ1n) is 8.47. The number of pyridine rings is 2. The lowest BCUT2D eigenvalue weighted by Gasteiger charge is -2.16. The van der Waals surface area contributed by atoms with Crippen LogP contribution in [0.2, 0.25) is 0 Å². The summed E-state index contributed by atoms with van der Waals surface area (Å²) in [5.41, 5.74) is -0.0203. The number of carbonyl (C=O) groups is 1. The Bertz CT molecular complexity index is 1240. The average Bonchev–Trinajstić information content (AvgIpc) is 3.23. The molecule has 3 heterocycles. The molecule has 1 amide bonds. The molecule has 14 heteroatoms. The number of carbonyl (C=O) groups excluding carboxylic acids is 1. The summed E-state index contributed by atoms with van der Waals surface area (Å²) in [6, 6.07) is 3.64. The van der Waals surface area contributed by atoms with Gasteiger partial charge in [-0.25, -0.2) is 18.4 Å². The smallest absolute Gasteiger partial charge is 0.284 e. The van der Waals surface area contributed by atoms with Gasteiger partial charge in [0.1, 0.15) is 5.69 Å². The van der Waals surface area contributed by atoms with Gasteiger partial charge in [-0.1, -0.05) is 18.3 Å². The highest BCUT2D eigenvalue weighted by Gasteiger charge is 2.37. The SMILES string of the molecule is CCS(=O)(=O)c1cc(-c2ccnc(F)c2)cnc1C(=O)N(C)c1nnc(C(F)(F)F)s1. The fourth-order valence-corrected chi connectivity index (χ4v) is 4.17. The highest BCUT2D eigenvalue weighted by Crippen LogP contribution is 2.34. The largest absolute Gasteiger partial charge is 0.445 e. The average molecular weight is 475 g/mol. The van der Waals surface area contributed by atoms with Crippen molar-refractivity contribution in [1.82, 2.24) is 20.2 Å². The van der Waals surface area contributed by atoms with Crippen molar-refractivity contribution in [1.29, 1.82) is 0 Å². The van der Waals surface area contributed by atoms with Crippen LogP contribution in [0.5, 0.6) is 0 Å². The molecule has 3 aromatic heterocycles. The molecule has 3 aromatic rings. The van der Waals surface area contributed by atoms with Crippen molar-refractivity contribution in [3.8, 4) is 11.1 Å². The predicted octanol–water partition coefficient (Wildman–Crippen LogP) is 3.22. The molecule has 0 aliphatic carbocycles. The van der Waals surface area contributed by atoms with Gasteiger partial charge in [0.2, 0.25) is 16.1 Å². The lowest BCUT2D eigenvalue weighted by molar-refractivity contribution is -0.138. The minimum atomic E-state index is -4.74. The summed E-state index contributed by atoms with van der Waals surface area (Å²) >= 11 is 0.124. The van der Waals surface area contributed by atoms with Crippen LogP contribution >= 0.6 is 11.3 Å². The fourth-order valence-electron chi connectivity index (χ4n) is 2.45. The summed E-state index contributed by atoms with van der Waals surface area (Å²) in [6.45, 7) is 1.35. The number of halogens is 4. The minimum Gasteiger partial charge on any atom is -0.284 e. The van der Waals surface area contributed by atoms with E-state index in [4.69, 9.17) is 0 Å². The van der Waals surface area contributed by atoms with Crippen LogP contribution in [0.3, 0.4) is 0 Å². The molecule has 0 saturated carbocycles. The van der Waals surface area contributed by atoms with Crippen molar-refractivity contribution >= 4 is 32.2 Å². The summed E-state index contributed by atoms with van der Waals surface area (Å²) in [5, 5.41) is 4.70. The topological polar surface area (TPSA) is 106 Å². The number of sulfone groups is 1. The van der Waals surface area contributed by atoms with Crippen molar-refractivity contribution in [2.45, 2.75) is 18.0 Å². The third kappa shape index (κ3) is 4.69. The fraction of sp³-hybridized carbons (Fsp3) is 0.235. The van der Waals surface area contributed by atoms with Crippen LogP contribution in [0.4, 0.5) is 22.7 Å². The van der Waals surface area contributed by atoms with E-state index in [1.807, 2.05) is 0 Å². The van der Waals surface area contributed by atoms with Gasteiger partial charge in [-0.15, -0.1) is 10.2 Å². The van der Waals surface area contributed by atoms with Gasteiger partial charge in [-0.2, -0.15) is 17.6 Å². The van der Waals surface area contributed by atoms with Crippen LogP contribution in [0, 0.1) is 5.95 Å². The number of alkyl halides is 3. The highest BCUT2D eigenvalue weighted by molar-refractivity contribution is 7.91. The quantitative estimate of drug-likeness (QED) is 0.412. The van der Waals surface area contributed by atoms with Crippen molar-refractivity contribution in [2.75, 3.05) is 17.7 Å². The standard InChI is InChI=1S/C17H13F4N5O3S2/c1-3-31(28,29)11-6-10(9-4-5-22-12(18)7-9)8-23-13(11)14(27)26(2)16-25-24-15(30-16)17(19,20)21/h4-8H,3H2,1-2H3. The van der Waals surface area contributed by atoms with E-state index in [1.54, 1.807) is 0 Å². The van der Waals surface area contributed by atoms with Gasteiger partial charge in [0, 0.05) is 31.1 Å². The van der Waals surface area contributed by atoms with Crippen LogP contribution in [0.25, 0.3) is 11.1 Å². The van der Waals surface area contributed by atoms with Gasteiger partial charge in [-0.05, 0) is 17.7 Å². The van der Waals surface area contributed by atoms with Crippen LogP contribution in [0.1, 0.15) is 22.4 Å². The Kier molecular flexibility index (Phi) is 6.04. The van der Waals surface area contributed by atoms with Gasteiger partial charge in [0.05, 0.1) is 10.6 Å². The molecule has 31 heavy (non-hydrogen) atoms. The van der Waals surface area contributed by atoms with Gasteiger partial charge < -0.3 is 0 Å². The second kappa shape index (κ2) is 8.26. The number of nitrogens with zero attached hydrogens (tertiary/aromatic N) is 5. The van der Waals surface area contributed by atoms with Crippen molar-refractivity contribution in [3.05, 3.63) is 47.2 Å². The number of hydrogen-bond donors (Lipinski definition) is 0. The zero-order valence-electron chi connectivity index (χ0n) is 15.9. The third-order valence-electron chi connectivity index (χ3n) is 4.08.